The van der Waals surface area contributed by atoms with Crippen LogP contribution >= 0.6 is 0 Å². The minimum absolute atomic E-state index is 0.634. The first-order valence-electron chi connectivity index (χ1n) is 8.87. The monoisotopic (exact) mass is 284 g/mol. The van der Waals surface area contributed by atoms with Gasteiger partial charge >= 0.3 is 0 Å². The van der Waals surface area contributed by atoms with E-state index in [1.165, 1.54) is 64.7 Å². The van der Waals surface area contributed by atoms with E-state index in [-0.39, 0.29) is 0 Å². The van der Waals surface area contributed by atoms with Crippen molar-refractivity contribution in [2.75, 3.05) is 26.2 Å². The minimum Gasteiger partial charge on any atom is -0.314 e. The van der Waals surface area contributed by atoms with E-state index in [1.807, 2.05) is 0 Å². The van der Waals surface area contributed by atoms with Crippen LogP contribution in [-0.4, -0.2) is 37.1 Å². The van der Waals surface area contributed by atoms with Gasteiger partial charge in [-0.15, -0.1) is 0 Å². The van der Waals surface area contributed by atoms with Crippen molar-refractivity contribution in [1.29, 1.82) is 0 Å². The molecule has 114 valence electrons. The maximum Gasteiger partial charge on any atom is 0.0110 e. The number of hydrogen-bond acceptors (Lipinski definition) is 2. The molecule has 3 fully saturated rings. The molecule has 0 unspecified atom stereocenters. The average Bonchev–Trinajstić information content (AvgIpc) is 2.54. The van der Waals surface area contributed by atoms with Crippen LogP contribution in [0.5, 0.6) is 0 Å². The Morgan fingerprint density at radius 2 is 1.76 bits per heavy atom. The minimum atomic E-state index is 0.634. The summed E-state index contributed by atoms with van der Waals surface area (Å²) >= 11 is 0. The summed E-state index contributed by atoms with van der Waals surface area (Å²) in [6.45, 7) is 4.89. The third-order valence-corrected chi connectivity index (χ3v) is 6.31. The first-order valence-corrected chi connectivity index (χ1v) is 8.87. The van der Waals surface area contributed by atoms with Crippen molar-refractivity contribution >= 4 is 0 Å². The van der Waals surface area contributed by atoms with Gasteiger partial charge in [-0.3, -0.25) is 4.90 Å². The Kier molecular flexibility index (Phi) is 3.76. The van der Waals surface area contributed by atoms with Crippen LogP contribution in [0.4, 0.5) is 0 Å². The molecule has 0 radical (unpaired) electrons. The topological polar surface area (TPSA) is 15.3 Å². The van der Waals surface area contributed by atoms with Crippen LogP contribution in [0.25, 0.3) is 0 Å². The Labute approximate surface area is 128 Å². The Morgan fingerprint density at radius 3 is 2.52 bits per heavy atom. The molecule has 21 heavy (non-hydrogen) atoms. The quantitative estimate of drug-likeness (QED) is 0.895. The van der Waals surface area contributed by atoms with E-state index in [0.717, 1.165) is 12.0 Å². The van der Waals surface area contributed by atoms with Crippen molar-refractivity contribution < 1.29 is 0 Å². The fourth-order valence-electron chi connectivity index (χ4n) is 5.18. The highest BCUT2D eigenvalue weighted by Crippen LogP contribution is 2.59. The molecule has 0 aromatic heterocycles. The van der Waals surface area contributed by atoms with Crippen molar-refractivity contribution in [1.82, 2.24) is 10.2 Å². The first kappa shape index (κ1) is 13.8. The summed E-state index contributed by atoms with van der Waals surface area (Å²) in [6.07, 6.45) is 8.67. The fraction of sp³-hybridized carbons (Fsp3) is 0.684. The molecule has 0 amide bonds. The SMILES string of the molecule is c1ccc([C@@H]2CCCCC23CC(N2CCNCC2)C3)cc1. The molecule has 1 aromatic rings. The highest BCUT2D eigenvalue weighted by Gasteiger charge is 2.52. The molecule has 1 N–H and O–H groups in total. The van der Waals surface area contributed by atoms with Gasteiger partial charge in [0.05, 0.1) is 0 Å². The molecular formula is C19H28N2. The summed E-state index contributed by atoms with van der Waals surface area (Å²) in [5, 5.41) is 3.48. The molecule has 2 aliphatic carbocycles. The lowest BCUT2D eigenvalue weighted by molar-refractivity contribution is -0.0447. The summed E-state index contributed by atoms with van der Waals surface area (Å²) in [6, 6.07) is 12.2. The van der Waals surface area contributed by atoms with Crippen LogP contribution in [-0.2, 0) is 0 Å². The number of piperazine rings is 1. The molecule has 1 aromatic carbocycles. The molecule has 1 heterocycles. The van der Waals surface area contributed by atoms with E-state index in [4.69, 9.17) is 0 Å². The van der Waals surface area contributed by atoms with Crippen LogP contribution in [0.3, 0.4) is 0 Å². The summed E-state index contributed by atoms with van der Waals surface area (Å²) in [7, 11) is 0. The number of hydrogen-bond donors (Lipinski definition) is 1. The average molecular weight is 284 g/mol. The van der Waals surface area contributed by atoms with Gasteiger partial charge in [0.15, 0.2) is 0 Å². The molecule has 3 aliphatic rings. The highest BCUT2D eigenvalue weighted by molar-refractivity contribution is 5.25. The Hall–Kier alpha value is -0.860. The van der Waals surface area contributed by atoms with Crippen molar-refractivity contribution in [3.8, 4) is 0 Å². The summed E-state index contributed by atoms with van der Waals surface area (Å²) in [4.78, 5) is 2.75. The standard InChI is InChI=1S/C19H28N2/c1-2-6-16(7-3-1)18-8-4-5-9-19(18)14-17(15-19)21-12-10-20-11-13-21/h1-3,6-7,17-18,20H,4-5,8-15H2/t17?,18-,19?/m0/s1. The predicted molar refractivity (Wildman–Crippen MR) is 87.5 cm³/mol. The number of rotatable bonds is 2. The number of nitrogens with one attached hydrogen (secondary N) is 1. The van der Waals surface area contributed by atoms with Gasteiger partial charge in [-0.2, -0.15) is 0 Å². The first-order chi connectivity index (χ1) is 10.4. The zero-order valence-corrected chi connectivity index (χ0v) is 13.1. The predicted octanol–water partition coefficient (Wildman–Crippen LogP) is 3.40. The van der Waals surface area contributed by atoms with E-state index >= 15 is 0 Å². The molecule has 2 nitrogen and oxygen atoms in total. The number of nitrogens with zero attached hydrogens (tertiary/aromatic N) is 1. The van der Waals surface area contributed by atoms with Gasteiger partial charge in [-0.25, -0.2) is 0 Å². The molecule has 2 heteroatoms. The van der Waals surface area contributed by atoms with Gasteiger partial charge in [0.25, 0.3) is 0 Å². The molecule has 4 rings (SSSR count). The smallest absolute Gasteiger partial charge is 0.0110 e. The third kappa shape index (κ3) is 2.53. The van der Waals surface area contributed by atoms with E-state index in [1.54, 1.807) is 5.56 Å². The van der Waals surface area contributed by atoms with Crippen molar-refractivity contribution in [2.45, 2.75) is 50.5 Å². The second-order valence-corrected chi connectivity index (χ2v) is 7.42. The second-order valence-electron chi connectivity index (χ2n) is 7.42. The summed E-state index contributed by atoms with van der Waals surface area (Å²) in [5.41, 5.74) is 2.24. The lowest BCUT2D eigenvalue weighted by atomic mass is 9.51. The van der Waals surface area contributed by atoms with E-state index in [9.17, 15) is 0 Å². The largest absolute Gasteiger partial charge is 0.314 e. The molecule has 1 saturated heterocycles. The number of benzene rings is 1. The lowest BCUT2D eigenvalue weighted by Gasteiger charge is -2.58. The van der Waals surface area contributed by atoms with E-state index in [2.05, 4.69) is 40.5 Å². The van der Waals surface area contributed by atoms with Gasteiger partial charge < -0.3 is 5.32 Å². The maximum atomic E-state index is 3.48. The van der Waals surface area contributed by atoms with Crippen molar-refractivity contribution in [3.63, 3.8) is 0 Å². The summed E-state index contributed by atoms with van der Waals surface area (Å²) in [5.74, 6) is 0.826. The van der Waals surface area contributed by atoms with Gasteiger partial charge in [-0.1, -0.05) is 43.2 Å². The fourth-order valence-corrected chi connectivity index (χ4v) is 5.18. The summed E-state index contributed by atoms with van der Waals surface area (Å²) < 4.78 is 0. The molecule has 1 spiro atoms. The zero-order valence-electron chi connectivity index (χ0n) is 13.1. The lowest BCUT2D eigenvalue weighted by Crippen LogP contribution is -2.58. The van der Waals surface area contributed by atoms with Crippen LogP contribution < -0.4 is 5.32 Å². The second kappa shape index (κ2) is 5.73. The van der Waals surface area contributed by atoms with Crippen LogP contribution in [0.2, 0.25) is 0 Å². The zero-order chi connectivity index (χ0) is 14.1. The third-order valence-electron chi connectivity index (χ3n) is 6.31. The molecular weight excluding hydrogens is 256 g/mol. The van der Waals surface area contributed by atoms with Crippen molar-refractivity contribution in [2.24, 2.45) is 5.41 Å². The highest BCUT2D eigenvalue weighted by atomic mass is 15.2. The van der Waals surface area contributed by atoms with E-state index in [0.29, 0.717) is 5.41 Å². The molecule has 0 bridgehead atoms. The van der Waals surface area contributed by atoms with Gasteiger partial charge in [-0.05, 0) is 42.6 Å². The van der Waals surface area contributed by atoms with Crippen LogP contribution in [0.1, 0.15) is 50.0 Å². The molecule has 2 saturated carbocycles. The molecule has 1 atom stereocenters. The van der Waals surface area contributed by atoms with Gasteiger partial charge in [0, 0.05) is 32.2 Å². The van der Waals surface area contributed by atoms with Gasteiger partial charge in [0.2, 0.25) is 0 Å². The maximum absolute atomic E-state index is 3.48. The Morgan fingerprint density at radius 1 is 1.00 bits per heavy atom. The van der Waals surface area contributed by atoms with Gasteiger partial charge in [0.1, 0.15) is 0 Å². The van der Waals surface area contributed by atoms with Crippen LogP contribution in [0.15, 0.2) is 30.3 Å². The van der Waals surface area contributed by atoms with Crippen LogP contribution in [0, 0.1) is 5.41 Å². The molecule has 1 aliphatic heterocycles. The Balaban J connectivity index is 1.48. The Bertz CT molecular complexity index is 458. The normalized spacial score (nSPS) is 37.3. The van der Waals surface area contributed by atoms with E-state index < -0.39 is 0 Å². The van der Waals surface area contributed by atoms with Crippen molar-refractivity contribution in [3.05, 3.63) is 35.9 Å².